The minimum atomic E-state index is -0.437. The number of furan rings is 1. The molecule has 0 bridgehead atoms. The van der Waals surface area contributed by atoms with Crippen LogP contribution in [0.3, 0.4) is 0 Å². The van der Waals surface area contributed by atoms with Crippen molar-refractivity contribution in [2.75, 3.05) is 0 Å². The van der Waals surface area contributed by atoms with Gasteiger partial charge in [0.1, 0.15) is 11.2 Å². The smallest absolute Gasteiger partial charge is 0.136 e. The molecule has 0 aliphatic rings. The molecule has 10 aromatic carbocycles. The third-order valence-electron chi connectivity index (χ3n) is 10.5. The Labute approximate surface area is 318 Å². The number of benzene rings is 10. The lowest BCUT2D eigenvalue weighted by molar-refractivity contribution is 0.669. The summed E-state index contributed by atoms with van der Waals surface area (Å²) in [7, 11) is 0. The summed E-state index contributed by atoms with van der Waals surface area (Å²) in [4.78, 5) is 0. The zero-order valence-electron chi connectivity index (χ0n) is 36.3. The molecule has 0 aliphatic carbocycles. The van der Waals surface area contributed by atoms with Gasteiger partial charge in [-0.25, -0.2) is 0 Å². The molecular formula is C52H32O. The topological polar surface area (TPSA) is 13.1 Å². The fraction of sp³-hybridized carbons (Fsp3) is 0. The van der Waals surface area contributed by atoms with Gasteiger partial charge in [0.2, 0.25) is 0 Å². The lowest BCUT2D eigenvalue weighted by Crippen LogP contribution is -1.93. The maximum Gasteiger partial charge on any atom is 0.136 e. The average molecular weight is 681 g/mol. The van der Waals surface area contributed by atoms with E-state index < -0.39 is 24.2 Å². The Morgan fingerprint density at radius 1 is 0.340 bits per heavy atom. The molecule has 0 amide bonds. The minimum Gasteiger partial charge on any atom is -0.456 e. The Morgan fingerprint density at radius 3 is 1.66 bits per heavy atom. The first kappa shape index (κ1) is 22.8. The number of fused-ring (bicyclic) bond motifs is 7. The van der Waals surface area contributed by atoms with E-state index in [9.17, 15) is 5.48 Å². The third-order valence-corrected chi connectivity index (χ3v) is 10.5. The molecule has 11 aromatic rings. The molecule has 1 nitrogen and oxygen atoms in total. The predicted molar refractivity (Wildman–Crippen MR) is 225 cm³/mol. The Kier molecular flexibility index (Phi) is 5.07. The number of rotatable bonds is 4. The molecule has 0 saturated heterocycles. The van der Waals surface area contributed by atoms with E-state index in [4.69, 9.17) is 9.90 Å². The van der Waals surface area contributed by atoms with Crippen LogP contribution in [0.5, 0.6) is 0 Å². The summed E-state index contributed by atoms with van der Waals surface area (Å²) in [6, 6.07) is 44.6. The predicted octanol–water partition coefficient (Wildman–Crippen LogP) is 14.9. The van der Waals surface area contributed by atoms with E-state index in [0.29, 0.717) is 22.3 Å². The van der Waals surface area contributed by atoms with Crippen LogP contribution in [0.15, 0.2) is 198 Å². The van der Waals surface area contributed by atoms with Crippen molar-refractivity contribution in [1.82, 2.24) is 0 Å². The molecule has 1 heterocycles. The quantitative estimate of drug-likeness (QED) is 0.169. The minimum absolute atomic E-state index is 0.174. The molecule has 246 valence electrons. The van der Waals surface area contributed by atoms with E-state index in [0.717, 1.165) is 65.7 Å². The van der Waals surface area contributed by atoms with Gasteiger partial charge < -0.3 is 4.42 Å². The Hall–Kier alpha value is -6.96. The van der Waals surface area contributed by atoms with Gasteiger partial charge >= 0.3 is 0 Å². The van der Waals surface area contributed by atoms with Crippen molar-refractivity contribution in [3.8, 4) is 44.5 Å². The van der Waals surface area contributed by atoms with E-state index in [-0.39, 0.29) is 45.7 Å². The molecular weight excluding hydrogens is 641 g/mol. The highest BCUT2D eigenvalue weighted by Gasteiger charge is 2.22. The summed E-state index contributed by atoms with van der Waals surface area (Å²) in [5.41, 5.74) is 6.89. The van der Waals surface area contributed by atoms with E-state index >= 15 is 0 Å². The number of hydrogen-bond acceptors (Lipinski definition) is 1. The van der Waals surface area contributed by atoms with Gasteiger partial charge in [-0.05, 0) is 118 Å². The van der Waals surface area contributed by atoms with Crippen molar-refractivity contribution in [2.45, 2.75) is 0 Å². The summed E-state index contributed by atoms with van der Waals surface area (Å²) < 4.78 is 80.4. The standard InChI is InChI=1S/C52H32O/c1-2-15-34(16-3-1)51-44(28-29-48-52(51)45-24-12-13-25-47(45)53-48)46-32-38(31-36-18-6-7-19-39(36)46)50-42-22-10-8-20-40(42)49(41-21-9-11-23-43(41)50)37-27-26-33-14-4-5-17-35(33)30-37/h1-32H/i8D,9D,10D,11D,20D,21D,22D,23D. The van der Waals surface area contributed by atoms with Gasteiger partial charge in [0.05, 0.1) is 11.0 Å². The van der Waals surface area contributed by atoms with Gasteiger partial charge in [-0.3, -0.25) is 0 Å². The van der Waals surface area contributed by atoms with Crippen LogP contribution in [0.2, 0.25) is 0 Å². The van der Waals surface area contributed by atoms with Crippen LogP contribution in [-0.4, -0.2) is 0 Å². The Morgan fingerprint density at radius 2 is 0.925 bits per heavy atom. The molecule has 0 unspecified atom stereocenters. The third kappa shape index (κ3) is 4.64. The van der Waals surface area contributed by atoms with Gasteiger partial charge in [0.25, 0.3) is 0 Å². The highest BCUT2D eigenvalue weighted by atomic mass is 16.3. The molecule has 0 atom stereocenters. The second kappa shape index (κ2) is 11.8. The highest BCUT2D eigenvalue weighted by molar-refractivity contribution is 6.23. The monoisotopic (exact) mass is 680 g/mol. The number of hydrogen-bond donors (Lipinski definition) is 0. The molecule has 11 rings (SSSR count). The van der Waals surface area contributed by atoms with Crippen molar-refractivity contribution >= 4 is 65.0 Å². The zero-order chi connectivity index (χ0) is 41.8. The second-order valence-corrected chi connectivity index (χ2v) is 13.4. The van der Waals surface area contributed by atoms with E-state index in [1.807, 2.05) is 115 Å². The highest BCUT2D eigenvalue weighted by Crippen LogP contribution is 2.48. The first-order chi connectivity index (χ1) is 29.6. The van der Waals surface area contributed by atoms with Crippen molar-refractivity contribution in [2.24, 2.45) is 0 Å². The van der Waals surface area contributed by atoms with E-state index in [1.165, 1.54) is 0 Å². The lowest BCUT2D eigenvalue weighted by atomic mass is 9.83. The van der Waals surface area contributed by atoms with Crippen LogP contribution in [0, 0.1) is 0 Å². The summed E-state index contributed by atoms with van der Waals surface area (Å²) in [5, 5.41) is 6.23. The molecule has 1 heteroatoms. The molecule has 0 radical (unpaired) electrons. The van der Waals surface area contributed by atoms with Gasteiger partial charge in [-0.1, -0.05) is 158 Å². The summed E-state index contributed by atoms with van der Waals surface area (Å²) in [5.74, 6) is 0. The van der Waals surface area contributed by atoms with Crippen LogP contribution < -0.4 is 0 Å². The maximum atomic E-state index is 9.58. The normalized spacial score (nSPS) is 13.9. The lowest BCUT2D eigenvalue weighted by Gasteiger charge is -2.20. The molecule has 1 aromatic heterocycles. The van der Waals surface area contributed by atoms with E-state index in [1.54, 1.807) is 0 Å². The fourth-order valence-corrected chi connectivity index (χ4v) is 8.17. The Balaban J connectivity index is 1.35. The number of para-hydroxylation sites is 1. The van der Waals surface area contributed by atoms with Crippen LogP contribution in [0.25, 0.3) is 110 Å². The van der Waals surface area contributed by atoms with Crippen molar-refractivity contribution in [1.29, 1.82) is 0 Å². The van der Waals surface area contributed by atoms with Crippen LogP contribution in [0.1, 0.15) is 11.0 Å². The summed E-state index contributed by atoms with van der Waals surface area (Å²) in [6.07, 6.45) is 0. The first-order valence-corrected chi connectivity index (χ1v) is 17.6. The molecule has 0 spiro atoms. The van der Waals surface area contributed by atoms with Crippen LogP contribution >= 0.6 is 0 Å². The summed E-state index contributed by atoms with van der Waals surface area (Å²) in [6.45, 7) is 0. The van der Waals surface area contributed by atoms with Crippen molar-refractivity contribution in [3.63, 3.8) is 0 Å². The largest absolute Gasteiger partial charge is 0.456 e. The van der Waals surface area contributed by atoms with Crippen LogP contribution in [0.4, 0.5) is 0 Å². The summed E-state index contributed by atoms with van der Waals surface area (Å²) >= 11 is 0. The molecule has 0 aliphatic heterocycles. The zero-order valence-corrected chi connectivity index (χ0v) is 28.3. The molecule has 0 saturated carbocycles. The Bertz CT molecular complexity index is 3610. The van der Waals surface area contributed by atoms with Gasteiger partial charge in [0, 0.05) is 16.3 Å². The van der Waals surface area contributed by atoms with E-state index in [2.05, 4.69) is 30.3 Å². The average Bonchev–Trinajstić information content (AvgIpc) is 3.68. The fourth-order valence-electron chi connectivity index (χ4n) is 8.17. The van der Waals surface area contributed by atoms with Gasteiger partial charge in [0.15, 0.2) is 0 Å². The van der Waals surface area contributed by atoms with Crippen molar-refractivity contribution in [3.05, 3.63) is 194 Å². The molecule has 0 fully saturated rings. The second-order valence-electron chi connectivity index (χ2n) is 13.4. The van der Waals surface area contributed by atoms with Crippen LogP contribution in [-0.2, 0) is 0 Å². The first-order valence-electron chi connectivity index (χ1n) is 21.6. The van der Waals surface area contributed by atoms with Gasteiger partial charge in [-0.15, -0.1) is 0 Å². The molecule has 0 N–H and O–H groups in total. The molecule has 53 heavy (non-hydrogen) atoms. The van der Waals surface area contributed by atoms with Gasteiger partial charge in [-0.2, -0.15) is 0 Å². The van der Waals surface area contributed by atoms with Crippen molar-refractivity contribution < 1.29 is 15.4 Å². The SMILES string of the molecule is [2H]c1c([2H])c([2H])c2c(-c3cc(-c4ccc5oc6ccccc6c5c4-c4ccccc4)c4ccccc4c3)c3c([2H])c([2H])c([2H])c([2H])c3c(-c3ccc4ccccc4c3)c2c1[2H]. The maximum absolute atomic E-state index is 9.58.